The molecule has 1 heterocycles. The van der Waals surface area contributed by atoms with Crippen molar-refractivity contribution >= 4 is 44.8 Å². The number of hydrogen-bond acceptors (Lipinski definition) is 3. The minimum absolute atomic E-state index is 0.145. The Morgan fingerprint density at radius 2 is 1.81 bits per heavy atom. The summed E-state index contributed by atoms with van der Waals surface area (Å²) in [7, 11) is 1.59. The topological polar surface area (TPSA) is 58.2 Å². The standard InChI is InChI=1S/C15H15BrN2O2S/c1-8-6-10(14(19)17-3)4-5-11(8)18-15(20)12-7-9(2)13(16)21-12/h4-7H,1-3H3,(H,17,19)(H,18,20). The quantitative estimate of drug-likeness (QED) is 0.868. The van der Waals surface area contributed by atoms with E-state index in [1.165, 1.54) is 11.3 Å². The molecule has 2 amide bonds. The number of rotatable bonds is 3. The first-order valence-electron chi connectivity index (χ1n) is 6.32. The van der Waals surface area contributed by atoms with Crippen LogP contribution in [0.1, 0.15) is 31.2 Å². The third-order valence-corrected chi connectivity index (χ3v) is 5.18. The molecule has 0 unspecified atom stereocenters. The highest BCUT2D eigenvalue weighted by Crippen LogP contribution is 2.28. The van der Waals surface area contributed by atoms with Gasteiger partial charge in [-0.3, -0.25) is 9.59 Å². The molecule has 21 heavy (non-hydrogen) atoms. The zero-order chi connectivity index (χ0) is 15.6. The van der Waals surface area contributed by atoms with Gasteiger partial charge in [0.25, 0.3) is 11.8 Å². The molecule has 1 aromatic carbocycles. The monoisotopic (exact) mass is 366 g/mol. The Bertz CT molecular complexity index is 690. The fraction of sp³-hybridized carbons (Fsp3) is 0.200. The van der Waals surface area contributed by atoms with Crippen LogP contribution in [0, 0.1) is 13.8 Å². The van der Waals surface area contributed by atoms with Crippen molar-refractivity contribution in [3.63, 3.8) is 0 Å². The van der Waals surface area contributed by atoms with Gasteiger partial charge in [-0.25, -0.2) is 0 Å². The summed E-state index contributed by atoms with van der Waals surface area (Å²) in [6.07, 6.45) is 0. The minimum Gasteiger partial charge on any atom is -0.355 e. The van der Waals surface area contributed by atoms with Gasteiger partial charge in [0.05, 0.1) is 8.66 Å². The van der Waals surface area contributed by atoms with Crippen molar-refractivity contribution in [1.82, 2.24) is 5.32 Å². The number of carbonyl (C=O) groups excluding carboxylic acids is 2. The summed E-state index contributed by atoms with van der Waals surface area (Å²) in [5.41, 5.74) is 3.16. The van der Waals surface area contributed by atoms with Crippen molar-refractivity contribution in [3.8, 4) is 0 Å². The number of nitrogens with one attached hydrogen (secondary N) is 2. The van der Waals surface area contributed by atoms with Gasteiger partial charge < -0.3 is 10.6 Å². The van der Waals surface area contributed by atoms with Gasteiger partial charge in [0.2, 0.25) is 0 Å². The Hall–Kier alpha value is -1.66. The zero-order valence-electron chi connectivity index (χ0n) is 11.9. The molecule has 0 saturated heterocycles. The number of aryl methyl sites for hydroxylation is 2. The van der Waals surface area contributed by atoms with Crippen LogP contribution < -0.4 is 10.6 Å². The van der Waals surface area contributed by atoms with Gasteiger partial charge in [-0.15, -0.1) is 11.3 Å². The lowest BCUT2D eigenvalue weighted by Gasteiger charge is -2.09. The molecule has 0 bridgehead atoms. The highest BCUT2D eigenvalue weighted by molar-refractivity contribution is 9.11. The van der Waals surface area contributed by atoms with Crippen LogP contribution >= 0.6 is 27.3 Å². The van der Waals surface area contributed by atoms with Crippen LogP contribution in [0.3, 0.4) is 0 Å². The highest BCUT2D eigenvalue weighted by Gasteiger charge is 2.13. The van der Waals surface area contributed by atoms with Gasteiger partial charge >= 0.3 is 0 Å². The fourth-order valence-electron chi connectivity index (χ4n) is 1.85. The van der Waals surface area contributed by atoms with Gasteiger partial charge in [0.1, 0.15) is 0 Å². The zero-order valence-corrected chi connectivity index (χ0v) is 14.3. The predicted molar refractivity (Wildman–Crippen MR) is 89.3 cm³/mol. The summed E-state index contributed by atoms with van der Waals surface area (Å²) >= 11 is 4.81. The van der Waals surface area contributed by atoms with Crippen molar-refractivity contribution < 1.29 is 9.59 Å². The lowest BCUT2D eigenvalue weighted by molar-refractivity contribution is 0.0962. The lowest BCUT2D eigenvalue weighted by Crippen LogP contribution is -2.18. The first kappa shape index (κ1) is 15.7. The summed E-state index contributed by atoms with van der Waals surface area (Å²) in [4.78, 5) is 24.4. The molecule has 4 nitrogen and oxygen atoms in total. The average molecular weight is 367 g/mol. The number of amides is 2. The van der Waals surface area contributed by atoms with E-state index in [1.807, 2.05) is 19.9 Å². The number of anilines is 1. The molecular weight excluding hydrogens is 352 g/mol. The molecule has 1 aromatic heterocycles. The van der Waals surface area contributed by atoms with Crippen LogP contribution in [0.5, 0.6) is 0 Å². The maximum atomic E-state index is 12.2. The number of thiophene rings is 1. The van der Waals surface area contributed by atoms with E-state index in [-0.39, 0.29) is 11.8 Å². The van der Waals surface area contributed by atoms with Gasteiger partial charge in [-0.05, 0) is 65.2 Å². The van der Waals surface area contributed by atoms with Crippen LogP contribution in [0.4, 0.5) is 5.69 Å². The number of halogens is 1. The van der Waals surface area contributed by atoms with Crippen LogP contribution in [0.15, 0.2) is 28.1 Å². The highest BCUT2D eigenvalue weighted by atomic mass is 79.9. The summed E-state index contributed by atoms with van der Waals surface area (Å²) in [5, 5.41) is 5.44. The Kier molecular flexibility index (Phi) is 4.80. The van der Waals surface area contributed by atoms with Gasteiger partial charge in [0, 0.05) is 18.3 Å². The third-order valence-electron chi connectivity index (χ3n) is 3.04. The second kappa shape index (κ2) is 6.41. The second-order valence-corrected chi connectivity index (χ2v) is 7.00. The van der Waals surface area contributed by atoms with E-state index in [2.05, 4.69) is 26.6 Å². The van der Waals surface area contributed by atoms with Crippen LogP contribution in [-0.2, 0) is 0 Å². The lowest BCUT2D eigenvalue weighted by atomic mass is 10.1. The predicted octanol–water partition coefficient (Wildman–Crippen LogP) is 3.74. The van der Waals surface area contributed by atoms with Gasteiger partial charge in [-0.2, -0.15) is 0 Å². The van der Waals surface area contributed by atoms with Crippen molar-refractivity contribution in [3.05, 3.63) is 49.6 Å². The molecule has 6 heteroatoms. The van der Waals surface area contributed by atoms with Crippen molar-refractivity contribution in [2.75, 3.05) is 12.4 Å². The Morgan fingerprint density at radius 3 is 2.33 bits per heavy atom. The van der Waals surface area contributed by atoms with Gasteiger partial charge in [0.15, 0.2) is 0 Å². The normalized spacial score (nSPS) is 10.3. The smallest absolute Gasteiger partial charge is 0.265 e. The number of benzene rings is 1. The fourth-order valence-corrected chi connectivity index (χ4v) is 3.28. The van der Waals surface area contributed by atoms with E-state index in [0.717, 1.165) is 14.9 Å². The molecule has 0 radical (unpaired) electrons. The average Bonchev–Trinajstić information content (AvgIpc) is 2.80. The molecule has 0 aliphatic carbocycles. The van der Waals surface area contributed by atoms with E-state index in [9.17, 15) is 9.59 Å². The van der Waals surface area contributed by atoms with E-state index in [4.69, 9.17) is 0 Å². The first-order valence-corrected chi connectivity index (χ1v) is 7.93. The molecule has 0 saturated carbocycles. The summed E-state index contributed by atoms with van der Waals surface area (Å²) in [6, 6.07) is 7.03. The molecule has 0 aliphatic heterocycles. The SMILES string of the molecule is CNC(=O)c1ccc(NC(=O)c2cc(C)c(Br)s2)c(C)c1. The van der Waals surface area contributed by atoms with E-state index in [0.29, 0.717) is 16.1 Å². The van der Waals surface area contributed by atoms with Gasteiger partial charge in [-0.1, -0.05) is 0 Å². The van der Waals surface area contributed by atoms with E-state index in [1.54, 1.807) is 25.2 Å². The molecule has 0 aliphatic rings. The maximum absolute atomic E-state index is 12.2. The summed E-state index contributed by atoms with van der Waals surface area (Å²) in [6.45, 7) is 3.80. The maximum Gasteiger partial charge on any atom is 0.265 e. The molecule has 110 valence electrons. The molecule has 0 atom stereocenters. The minimum atomic E-state index is -0.149. The van der Waals surface area contributed by atoms with Crippen LogP contribution in [0.25, 0.3) is 0 Å². The van der Waals surface area contributed by atoms with Crippen LogP contribution in [0.2, 0.25) is 0 Å². The molecule has 0 fully saturated rings. The first-order chi connectivity index (χ1) is 9.92. The third kappa shape index (κ3) is 3.51. The van der Waals surface area contributed by atoms with E-state index >= 15 is 0 Å². The van der Waals surface area contributed by atoms with Crippen molar-refractivity contribution in [1.29, 1.82) is 0 Å². The van der Waals surface area contributed by atoms with E-state index < -0.39 is 0 Å². The molecule has 2 N–H and O–H groups in total. The Morgan fingerprint density at radius 1 is 1.10 bits per heavy atom. The number of carbonyl (C=O) groups is 2. The second-order valence-electron chi connectivity index (χ2n) is 4.63. The molecule has 2 aromatic rings. The molecule has 2 rings (SSSR count). The largest absolute Gasteiger partial charge is 0.355 e. The molecule has 0 spiro atoms. The van der Waals surface area contributed by atoms with Crippen molar-refractivity contribution in [2.24, 2.45) is 0 Å². The van der Waals surface area contributed by atoms with Crippen molar-refractivity contribution in [2.45, 2.75) is 13.8 Å². The number of hydrogen-bond donors (Lipinski definition) is 2. The summed E-state index contributed by atoms with van der Waals surface area (Å²) < 4.78 is 0.958. The Balaban J connectivity index is 2.20. The Labute approximate surface area is 135 Å². The summed E-state index contributed by atoms with van der Waals surface area (Å²) in [5.74, 6) is -0.293. The van der Waals surface area contributed by atoms with Crippen LogP contribution in [-0.4, -0.2) is 18.9 Å². The molecular formula is C15H15BrN2O2S.